The largest absolute Gasteiger partial charge is 0.355 e. The van der Waals surface area contributed by atoms with E-state index in [0.29, 0.717) is 18.4 Å². The highest BCUT2D eigenvalue weighted by molar-refractivity contribution is 5.75. The van der Waals surface area contributed by atoms with Crippen molar-refractivity contribution in [3.8, 4) is 0 Å². The van der Waals surface area contributed by atoms with Gasteiger partial charge in [0, 0.05) is 19.0 Å². The Kier molecular flexibility index (Phi) is 10.9. The Labute approximate surface area is 119 Å². The molecule has 0 aliphatic carbocycles. The molecule has 1 atom stereocenters. The van der Waals surface area contributed by atoms with Gasteiger partial charge in [0.25, 0.3) is 0 Å². The van der Waals surface area contributed by atoms with Gasteiger partial charge in [-0.25, -0.2) is 0 Å². The Bertz CT molecular complexity index is 227. The van der Waals surface area contributed by atoms with E-state index >= 15 is 0 Å². The van der Waals surface area contributed by atoms with Crippen molar-refractivity contribution < 1.29 is 4.79 Å². The van der Waals surface area contributed by atoms with E-state index in [1.165, 1.54) is 0 Å². The van der Waals surface area contributed by atoms with Crippen molar-refractivity contribution in [3.05, 3.63) is 0 Å². The fourth-order valence-corrected chi connectivity index (χ4v) is 2.52. The first kappa shape index (κ1) is 18.4. The lowest BCUT2D eigenvalue weighted by molar-refractivity contribution is -0.121. The number of unbranched alkanes of at least 4 members (excludes halogenated alkanes) is 2. The molecule has 0 aromatic rings. The number of likely N-dealkylation sites (N-methyl/N-ethyl adjacent to an activating group) is 1. The predicted molar refractivity (Wildman–Crippen MR) is 82.1 cm³/mol. The zero-order valence-corrected chi connectivity index (χ0v) is 13.2. The van der Waals surface area contributed by atoms with E-state index in [0.717, 1.165) is 45.2 Å². The Hall–Kier alpha value is -0.610. The summed E-state index contributed by atoms with van der Waals surface area (Å²) < 4.78 is 0. The maximum Gasteiger partial charge on any atom is 0.220 e. The van der Waals surface area contributed by atoms with Gasteiger partial charge in [-0.3, -0.25) is 4.79 Å². The third-order valence-electron chi connectivity index (χ3n) is 3.87. The number of rotatable bonds is 11. The van der Waals surface area contributed by atoms with Crippen LogP contribution >= 0.6 is 0 Å². The third-order valence-corrected chi connectivity index (χ3v) is 3.87. The number of nitrogens with zero attached hydrogens (tertiary/aromatic N) is 1. The molecule has 0 saturated heterocycles. The molecule has 3 N–H and O–H groups in total. The Morgan fingerprint density at radius 3 is 2.26 bits per heavy atom. The van der Waals surface area contributed by atoms with Crippen molar-refractivity contribution in [1.29, 1.82) is 0 Å². The molecule has 19 heavy (non-hydrogen) atoms. The van der Waals surface area contributed by atoms with Crippen molar-refractivity contribution in [1.82, 2.24) is 10.2 Å². The highest BCUT2D eigenvalue weighted by Crippen LogP contribution is 2.16. The minimum absolute atomic E-state index is 0.176. The topological polar surface area (TPSA) is 58.4 Å². The van der Waals surface area contributed by atoms with Crippen LogP contribution in [-0.2, 0) is 4.79 Å². The number of nitrogens with two attached hydrogens (primary N) is 1. The first-order valence-corrected chi connectivity index (χ1v) is 7.69. The van der Waals surface area contributed by atoms with Gasteiger partial charge in [0.05, 0.1) is 0 Å². The van der Waals surface area contributed by atoms with E-state index < -0.39 is 0 Å². The fourth-order valence-electron chi connectivity index (χ4n) is 2.52. The molecule has 0 aliphatic heterocycles. The first-order valence-electron chi connectivity index (χ1n) is 7.69. The van der Waals surface area contributed by atoms with Crippen LogP contribution < -0.4 is 11.1 Å². The average molecular weight is 271 g/mol. The molecule has 0 rings (SSSR count). The number of hydrogen-bond acceptors (Lipinski definition) is 3. The smallest absolute Gasteiger partial charge is 0.220 e. The summed E-state index contributed by atoms with van der Waals surface area (Å²) in [5, 5.41) is 3.08. The van der Waals surface area contributed by atoms with E-state index in [4.69, 9.17) is 5.73 Å². The van der Waals surface area contributed by atoms with E-state index in [2.05, 4.69) is 38.2 Å². The van der Waals surface area contributed by atoms with Gasteiger partial charge < -0.3 is 16.0 Å². The molecular formula is C15H33N3O. The molecule has 0 aromatic carbocycles. The summed E-state index contributed by atoms with van der Waals surface area (Å²) in [5.41, 5.74) is 5.43. The number of amides is 1. The Balaban J connectivity index is 4.00. The highest BCUT2D eigenvalue weighted by atomic mass is 16.1. The molecule has 1 amide bonds. The van der Waals surface area contributed by atoms with E-state index in [-0.39, 0.29) is 5.91 Å². The van der Waals surface area contributed by atoms with Crippen molar-refractivity contribution in [3.63, 3.8) is 0 Å². The Morgan fingerprint density at radius 2 is 1.79 bits per heavy atom. The van der Waals surface area contributed by atoms with Gasteiger partial charge in [-0.05, 0) is 39.4 Å². The number of hydrogen-bond donors (Lipinski definition) is 2. The lowest BCUT2D eigenvalue weighted by Gasteiger charge is -2.31. The monoisotopic (exact) mass is 271 g/mol. The van der Waals surface area contributed by atoms with Gasteiger partial charge in [0.15, 0.2) is 0 Å². The summed E-state index contributed by atoms with van der Waals surface area (Å²) in [5.74, 6) is 0.822. The molecule has 0 radical (unpaired) electrons. The van der Waals surface area contributed by atoms with Crippen LogP contribution in [0.5, 0.6) is 0 Å². The lowest BCUT2D eigenvalue weighted by atomic mass is 9.93. The molecule has 4 heteroatoms. The van der Waals surface area contributed by atoms with Crippen LogP contribution in [0.3, 0.4) is 0 Å². The van der Waals surface area contributed by atoms with Crippen molar-refractivity contribution in [2.24, 2.45) is 11.7 Å². The van der Waals surface area contributed by atoms with Crippen molar-refractivity contribution >= 4 is 5.91 Å². The number of carbonyl (C=O) groups excluding carboxylic acids is 1. The molecule has 114 valence electrons. The minimum atomic E-state index is 0.176. The second kappa shape index (κ2) is 11.2. The second-order valence-corrected chi connectivity index (χ2v) is 5.51. The van der Waals surface area contributed by atoms with Crippen LogP contribution in [-0.4, -0.2) is 44.0 Å². The van der Waals surface area contributed by atoms with Gasteiger partial charge in [0.2, 0.25) is 5.91 Å². The van der Waals surface area contributed by atoms with Gasteiger partial charge in [-0.15, -0.1) is 0 Å². The summed E-state index contributed by atoms with van der Waals surface area (Å²) in [6.07, 6.45) is 5.95. The molecule has 0 aliphatic rings. The van der Waals surface area contributed by atoms with Crippen LogP contribution in [0.1, 0.15) is 52.4 Å². The summed E-state index contributed by atoms with van der Waals surface area (Å²) in [7, 11) is 4.19. The minimum Gasteiger partial charge on any atom is -0.355 e. The Morgan fingerprint density at radius 1 is 1.16 bits per heavy atom. The zero-order chi connectivity index (χ0) is 14.7. The van der Waals surface area contributed by atoms with E-state index in [1.807, 2.05) is 0 Å². The summed E-state index contributed by atoms with van der Waals surface area (Å²) in [4.78, 5) is 14.0. The van der Waals surface area contributed by atoms with Gasteiger partial charge in [-0.2, -0.15) is 0 Å². The predicted octanol–water partition coefficient (Wildman–Crippen LogP) is 1.99. The van der Waals surface area contributed by atoms with Gasteiger partial charge in [0.1, 0.15) is 0 Å². The van der Waals surface area contributed by atoms with Crippen LogP contribution in [0.2, 0.25) is 0 Å². The maximum absolute atomic E-state index is 11.8. The van der Waals surface area contributed by atoms with Crippen LogP contribution in [0, 0.1) is 5.92 Å². The van der Waals surface area contributed by atoms with Crippen molar-refractivity contribution in [2.45, 2.75) is 58.4 Å². The number of nitrogens with one attached hydrogen (secondary N) is 1. The lowest BCUT2D eigenvalue weighted by Crippen LogP contribution is -2.44. The van der Waals surface area contributed by atoms with Gasteiger partial charge in [-0.1, -0.05) is 33.1 Å². The molecule has 0 aromatic heterocycles. The number of carbonyl (C=O) groups is 1. The quantitative estimate of drug-likeness (QED) is 0.565. The molecule has 0 heterocycles. The third kappa shape index (κ3) is 8.22. The van der Waals surface area contributed by atoms with Gasteiger partial charge >= 0.3 is 0 Å². The summed E-state index contributed by atoms with van der Waals surface area (Å²) >= 11 is 0. The summed E-state index contributed by atoms with van der Waals surface area (Å²) in [6, 6.07) is 0.433. The first-order chi connectivity index (χ1) is 9.06. The van der Waals surface area contributed by atoms with E-state index in [9.17, 15) is 4.79 Å². The van der Waals surface area contributed by atoms with E-state index in [1.54, 1.807) is 0 Å². The fraction of sp³-hybridized carbons (Fsp3) is 0.933. The molecule has 4 nitrogen and oxygen atoms in total. The zero-order valence-electron chi connectivity index (χ0n) is 13.2. The molecular weight excluding hydrogens is 238 g/mol. The van der Waals surface area contributed by atoms with Crippen LogP contribution in [0.4, 0.5) is 0 Å². The molecule has 0 fully saturated rings. The molecule has 0 bridgehead atoms. The summed E-state index contributed by atoms with van der Waals surface area (Å²) in [6.45, 7) is 5.92. The van der Waals surface area contributed by atoms with Crippen LogP contribution in [0.25, 0.3) is 0 Å². The highest BCUT2D eigenvalue weighted by Gasteiger charge is 2.20. The molecule has 0 saturated carbocycles. The normalized spacial score (nSPS) is 13.0. The maximum atomic E-state index is 11.8. The average Bonchev–Trinajstić information content (AvgIpc) is 2.39. The SMILES string of the molecule is CCC(CC)C(CNC(=O)CCCCCN)N(C)C. The standard InChI is InChI=1S/C15H33N3O/c1-5-13(6-2)14(18(3)4)12-17-15(19)10-8-7-9-11-16/h13-14H,5-12,16H2,1-4H3,(H,17,19). The second-order valence-electron chi connectivity index (χ2n) is 5.51. The molecule has 0 spiro atoms. The molecule has 1 unspecified atom stereocenters. The van der Waals surface area contributed by atoms with Crippen LogP contribution in [0.15, 0.2) is 0 Å². The van der Waals surface area contributed by atoms with Crippen molar-refractivity contribution in [2.75, 3.05) is 27.2 Å².